The second-order valence-electron chi connectivity index (χ2n) is 11.6. The molecule has 0 aliphatic heterocycles. The number of methoxy groups -OCH3 is 1. The van der Waals surface area contributed by atoms with E-state index >= 15 is 0 Å². The van der Waals surface area contributed by atoms with E-state index in [2.05, 4.69) is 12.2 Å². The van der Waals surface area contributed by atoms with Gasteiger partial charge in [0.1, 0.15) is 18.4 Å². The second kappa shape index (κ2) is 21.3. The lowest BCUT2D eigenvalue weighted by Crippen LogP contribution is -2.43. The fourth-order valence-corrected chi connectivity index (χ4v) is 6.47. The largest absolute Gasteiger partial charge is 0.469 e. The van der Waals surface area contributed by atoms with Gasteiger partial charge in [0.2, 0.25) is 0 Å². The van der Waals surface area contributed by atoms with Crippen LogP contribution < -0.4 is 5.32 Å². The van der Waals surface area contributed by atoms with Crippen molar-refractivity contribution in [3.63, 3.8) is 0 Å². The highest BCUT2D eigenvalue weighted by atomic mass is 32.2. The first-order valence-corrected chi connectivity index (χ1v) is 17.5. The molecule has 1 aliphatic rings. The third-order valence-electron chi connectivity index (χ3n) is 7.84. The molecule has 0 aromatic heterocycles. The molecule has 3 rings (SSSR count). The highest BCUT2D eigenvalue weighted by Gasteiger charge is 2.36. The van der Waals surface area contributed by atoms with Gasteiger partial charge >= 0.3 is 18.0 Å². The van der Waals surface area contributed by atoms with Crippen molar-refractivity contribution in [3.05, 3.63) is 94.6 Å². The van der Waals surface area contributed by atoms with Crippen LogP contribution in [0.3, 0.4) is 0 Å². The smallest absolute Gasteiger partial charge is 0.408 e. The molecule has 0 bridgehead atoms. The predicted octanol–water partition coefficient (Wildman–Crippen LogP) is 6.62. The number of aliphatic hydroxyl groups excluding tert-OH is 2. The third kappa shape index (κ3) is 14.0. The van der Waals surface area contributed by atoms with Crippen molar-refractivity contribution in [2.45, 2.75) is 96.0 Å². The molecule has 1 aliphatic carbocycles. The van der Waals surface area contributed by atoms with Gasteiger partial charge in [-0.2, -0.15) is 0 Å². The summed E-state index contributed by atoms with van der Waals surface area (Å²) in [6, 6.07) is 17.5. The molecular weight excluding hydrogens is 618 g/mol. The van der Waals surface area contributed by atoms with E-state index in [0.717, 1.165) is 48.1 Å². The van der Waals surface area contributed by atoms with Gasteiger partial charge in [0, 0.05) is 30.1 Å². The minimum absolute atomic E-state index is 0.0514. The maximum Gasteiger partial charge on any atom is 0.408 e. The van der Waals surface area contributed by atoms with E-state index in [1.165, 1.54) is 18.9 Å². The first-order chi connectivity index (χ1) is 22.8. The fraction of sp³-hybridized carbons (Fsp3) is 0.486. The molecule has 256 valence electrons. The van der Waals surface area contributed by atoms with E-state index in [-0.39, 0.29) is 25.4 Å². The van der Waals surface area contributed by atoms with E-state index in [0.29, 0.717) is 30.8 Å². The van der Waals surface area contributed by atoms with E-state index in [1.807, 2.05) is 66.7 Å². The maximum atomic E-state index is 13.7. The zero-order chi connectivity index (χ0) is 33.9. The summed E-state index contributed by atoms with van der Waals surface area (Å²) in [7, 11) is 1.38. The van der Waals surface area contributed by atoms with Crippen LogP contribution in [0.2, 0.25) is 0 Å². The molecule has 0 fully saturated rings. The van der Waals surface area contributed by atoms with Gasteiger partial charge in [-0.25, -0.2) is 9.59 Å². The van der Waals surface area contributed by atoms with Gasteiger partial charge < -0.3 is 29.7 Å². The molecule has 1 amide bonds. The molecule has 47 heavy (non-hydrogen) atoms. The molecule has 9 nitrogen and oxygen atoms in total. The van der Waals surface area contributed by atoms with Crippen LogP contribution in [-0.4, -0.2) is 59.4 Å². The lowest BCUT2D eigenvalue weighted by molar-refractivity contribution is -0.142. The average Bonchev–Trinajstić information content (AvgIpc) is 3.37. The number of unbranched alkanes of at least 4 members (excludes halogenated alkanes) is 4. The van der Waals surface area contributed by atoms with Crippen molar-refractivity contribution < 1.29 is 38.8 Å². The summed E-state index contributed by atoms with van der Waals surface area (Å²) in [5.41, 5.74) is 1.65. The number of alkyl carbamates (subject to hydrolysis) is 1. The van der Waals surface area contributed by atoms with Crippen LogP contribution in [0, 0.1) is 5.92 Å². The van der Waals surface area contributed by atoms with Gasteiger partial charge in [0.05, 0.1) is 19.3 Å². The predicted molar refractivity (Wildman–Crippen MR) is 183 cm³/mol. The number of nitrogens with one attached hydrogen (secondary N) is 1. The number of carbonyl (C=O) groups excluding carboxylic acids is 3. The van der Waals surface area contributed by atoms with Crippen molar-refractivity contribution >= 4 is 29.8 Å². The Hall–Kier alpha value is -3.60. The summed E-state index contributed by atoms with van der Waals surface area (Å²) < 4.78 is 16.1. The molecule has 0 radical (unpaired) electrons. The highest BCUT2D eigenvalue weighted by molar-refractivity contribution is 8.03. The first kappa shape index (κ1) is 37.9. The maximum absolute atomic E-state index is 13.7. The van der Waals surface area contributed by atoms with Gasteiger partial charge in [-0.3, -0.25) is 4.79 Å². The van der Waals surface area contributed by atoms with Crippen LogP contribution in [0.15, 0.2) is 83.5 Å². The number of esters is 2. The third-order valence-corrected chi connectivity index (χ3v) is 9.14. The number of amides is 1. The zero-order valence-corrected chi connectivity index (χ0v) is 28.3. The van der Waals surface area contributed by atoms with Crippen LogP contribution >= 0.6 is 11.8 Å². The summed E-state index contributed by atoms with van der Waals surface area (Å²) in [5, 5.41) is 24.3. The number of carbonyl (C=O) groups is 3. The van der Waals surface area contributed by atoms with Crippen LogP contribution in [0.4, 0.5) is 4.79 Å². The minimum Gasteiger partial charge on any atom is -0.469 e. The summed E-state index contributed by atoms with van der Waals surface area (Å²) in [5.74, 6) is -0.304. The molecular formula is C37H49NO8S. The quantitative estimate of drug-likeness (QED) is 0.0617. The molecule has 0 saturated carbocycles. The molecule has 3 N–H and O–H groups in total. The Morgan fingerprint density at radius 3 is 2.36 bits per heavy atom. The van der Waals surface area contributed by atoms with Crippen LogP contribution in [0.25, 0.3) is 0 Å². The van der Waals surface area contributed by atoms with E-state index in [1.54, 1.807) is 6.08 Å². The number of hydrogen-bond donors (Lipinski definition) is 3. The Morgan fingerprint density at radius 2 is 1.68 bits per heavy atom. The number of thioether (sulfide) groups is 1. The minimum atomic E-state index is -1.04. The Bertz CT molecular complexity index is 1300. The van der Waals surface area contributed by atoms with Gasteiger partial charge in [-0.15, -0.1) is 11.8 Å². The van der Waals surface area contributed by atoms with Gasteiger partial charge in [-0.05, 0) is 36.1 Å². The zero-order valence-electron chi connectivity index (χ0n) is 27.5. The molecule has 0 saturated heterocycles. The molecule has 0 heterocycles. The van der Waals surface area contributed by atoms with Gasteiger partial charge in [0.15, 0.2) is 0 Å². The van der Waals surface area contributed by atoms with Crippen LogP contribution in [0.5, 0.6) is 0 Å². The molecule has 2 aromatic rings. The Balaban J connectivity index is 1.75. The summed E-state index contributed by atoms with van der Waals surface area (Å²) in [6.07, 6.45) is 7.94. The fourth-order valence-electron chi connectivity index (χ4n) is 5.19. The Morgan fingerprint density at radius 1 is 0.979 bits per heavy atom. The van der Waals surface area contributed by atoms with Crippen molar-refractivity contribution in [3.8, 4) is 0 Å². The molecule has 10 heteroatoms. The van der Waals surface area contributed by atoms with E-state index in [4.69, 9.17) is 14.2 Å². The van der Waals surface area contributed by atoms with E-state index < -0.39 is 36.2 Å². The molecule has 0 spiro atoms. The molecule has 4 atom stereocenters. The van der Waals surface area contributed by atoms with Crippen molar-refractivity contribution in [1.29, 1.82) is 0 Å². The number of ether oxygens (including phenoxy) is 3. The Kier molecular flexibility index (Phi) is 17.2. The van der Waals surface area contributed by atoms with Crippen molar-refractivity contribution in [2.75, 3.05) is 12.9 Å². The second-order valence-corrected chi connectivity index (χ2v) is 12.8. The van der Waals surface area contributed by atoms with Crippen LogP contribution in [0.1, 0.15) is 75.8 Å². The monoisotopic (exact) mass is 667 g/mol. The average molecular weight is 668 g/mol. The Labute approximate surface area is 282 Å². The summed E-state index contributed by atoms with van der Waals surface area (Å²) in [4.78, 5) is 38.7. The normalized spacial score (nSPS) is 17.4. The lowest BCUT2D eigenvalue weighted by Gasteiger charge is -2.19. The summed E-state index contributed by atoms with van der Waals surface area (Å²) in [6.45, 7) is 2.16. The van der Waals surface area contributed by atoms with Gasteiger partial charge in [0.25, 0.3) is 0 Å². The first-order valence-electron chi connectivity index (χ1n) is 16.5. The number of aliphatic hydroxyl groups is 2. The summed E-state index contributed by atoms with van der Waals surface area (Å²) >= 11 is 1.50. The van der Waals surface area contributed by atoms with Gasteiger partial charge in [-0.1, -0.05) is 105 Å². The number of benzene rings is 2. The van der Waals surface area contributed by atoms with E-state index in [9.17, 15) is 24.6 Å². The highest BCUT2D eigenvalue weighted by Crippen LogP contribution is 2.41. The van der Waals surface area contributed by atoms with Crippen molar-refractivity contribution in [2.24, 2.45) is 5.92 Å². The van der Waals surface area contributed by atoms with Crippen LogP contribution in [-0.2, 0) is 36.8 Å². The SMILES string of the molecule is CCCCC[C@H](O)C=C[C@@H]1C(SCCCCCC(=O)OC)=C(OC(=O)[C@H](Cc2ccccc2)NC(=O)OCc2ccccc2)C[C@H]1O. The number of rotatable bonds is 20. The standard InChI is InChI=1S/C37H49NO8S/c1-3-4-8-19-29(39)21-22-30-32(40)25-33(35(30)47-23-14-7-13-20-34(41)44-2)46-36(42)31(24-27-15-9-5-10-16-27)38-37(43)45-26-28-17-11-6-12-18-28/h5-6,9-12,15-18,21-22,29-32,39-40H,3-4,7-8,13-14,19-20,23-26H2,1-2H3,(H,38,43)/t29-,30-,31-,32+/m0/s1. The molecule has 0 unspecified atom stereocenters. The number of hydrogen-bond acceptors (Lipinski definition) is 9. The topological polar surface area (TPSA) is 131 Å². The molecule has 2 aromatic carbocycles. The van der Waals surface area contributed by atoms with Crippen molar-refractivity contribution in [1.82, 2.24) is 5.32 Å². The lowest BCUT2D eigenvalue weighted by atomic mass is 10.0.